The van der Waals surface area contributed by atoms with Crippen LogP contribution in [0.5, 0.6) is 0 Å². The zero-order valence-electron chi connectivity index (χ0n) is 12.5. The van der Waals surface area contributed by atoms with Crippen LogP contribution in [-0.2, 0) is 4.74 Å². The highest BCUT2D eigenvalue weighted by molar-refractivity contribution is 4.87. The number of ether oxygens (including phenoxy) is 1. The largest absolute Gasteiger partial charge is 0.370 e. The van der Waals surface area contributed by atoms with Crippen molar-refractivity contribution in [2.24, 2.45) is 17.8 Å². The van der Waals surface area contributed by atoms with E-state index in [4.69, 9.17) is 4.74 Å². The average Bonchev–Trinajstić information content (AvgIpc) is 2.81. The second-order valence-corrected chi connectivity index (χ2v) is 6.48. The van der Waals surface area contributed by atoms with Crippen molar-refractivity contribution in [2.45, 2.75) is 80.8 Å². The van der Waals surface area contributed by atoms with E-state index in [1.54, 1.807) is 0 Å². The molecule has 0 aromatic rings. The third-order valence-electron chi connectivity index (χ3n) is 3.05. The zero-order valence-corrected chi connectivity index (χ0v) is 12.5. The van der Waals surface area contributed by atoms with Gasteiger partial charge in [-0.1, -0.05) is 55.4 Å². The normalized spacial score (nSPS) is 23.8. The molecule has 0 radical (unpaired) electrons. The minimum atomic E-state index is 0. The first kappa shape index (κ1) is 19.3. The zero-order chi connectivity index (χ0) is 12.8. The molecule has 2 unspecified atom stereocenters. The molecule has 0 aromatic heterocycles. The van der Waals surface area contributed by atoms with Gasteiger partial charge in [-0.25, -0.2) is 0 Å². The Morgan fingerprint density at radius 3 is 1.65 bits per heavy atom. The first-order chi connectivity index (χ1) is 7.29. The van der Waals surface area contributed by atoms with Crippen LogP contribution in [0.4, 0.5) is 0 Å². The van der Waals surface area contributed by atoms with E-state index in [9.17, 15) is 0 Å². The van der Waals surface area contributed by atoms with Crippen LogP contribution in [0.3, 0.4) is 0 Å². The van der Waals surface area contributed by atoms with E-state index in [-0.39, 0.29) is 13.0 Å². The minimum Gasteiger partial charge on any atom is -0.370 e. The van der Waals surface area contributed by atoms with E-state index < -0.39 is 0 Å². The van der Waals surface area contributed by atoms with Crippen LogP contribution in [0.2, 0.25) is 0 Å². The fraction of sp³-hybridized carbons (Fsp3) is 1.00. The lowest BCUT2D eigenvalue weighted by Gasteiger charge is -2.09. The molecule has 0 spiro atoms. The summed E-state index contributed by atoms with van der Waals surface area (Å²) in [6.07, 6.45) is 3.93. The van der Waals surface area contributed by atoms with Gasteiger partial charge in [0.25, 0.3) is 0 Å². The molecule has 1 saturated heterocycles. The second kappa shape index (κ2) is 8.97. The van der Waals surface area contributed by atoms with Gasteiger partial charge < -0.3 is 4.74 Å². The Bertz CT molecular complexity index is 168. The van der Waals surface area contributed by atoms with Crippen LogP contribution in [0.1, 0.15) is 75.2 Å². The highest BCUT2D eigenvalue weighted by Crippen LogP contribution is 2.32. The maximum absolute atomic E-state index is 5.21. The fourth-order valence-electron chi connectivity index (χ4n) is 2.08. The SMILES string of the molecule is C.CC(C)CC1(C)CO1.CCC(C)CC(C)C. The average molecular weight is 244 g/mol. The predicted molar refractivity (Wildman–Crippen MR) is 79.5 cm³/mol. The number of hydrogen-bond donors (Lipinski definition) is 0. The molecule has 1 aliphatic heterocycles. The molecule has 0 aromatic carbocycles. The number of hydrogen-bond acceptors (Lipinski definition) is 1. The van der Waals surface area contributed by atoms with Gasteiger partial charge in [-0.15, -0.1) is 0 Å². The summed E-state index contributed by atoms with van der Waals surface area (Å²) in [5, 5.41) is 0. The van der Waals surface area contributed by atoms with Crippen molar-refractivity contribution < 1.29 is 4.74 Å². The van der Waals surface area contributed by atoms with Gasteiger partial charge in [0.15, 0.2) is 0 Å². The van der Waals surface area contributed by atoms with Gasteiger partial charge in [0.2, 0.25) is 0 Å². The third kappa shape index (κ3) is 12.2. The fourth-order valence-corrected chi connectivity index (χ4v) is 2.08. The van der Waals surface area contributed by atoms with Gasteiger partial charge >= 0.3 is 0 Å². The molecule has 0 amide bonds. The first-order valence-electron chi connectivity index (χ1n) is 6.93. The van der Waals surface area contributed by atoms with E-state index >= 15 is 0 Å². The summed E-state index contributed by atoms with van der Waals surface area (Å²) >= 11 is 0. The van der Waals surface area contributed by atoms with Crippen molar-refractivity contribution in [3.8, 4) is 0 Å². The lowest BCUT2D eigenvalue weighted by molar-refractivity contribution is 0.283. The Morgan fingerprint density at radius 1 is 1.06 bits per heavy atom. The van der Waals surface area contributed by atoms with Crippen molar-refractivity contribution in [1.29, 1.82) is 0 Å². The van der Waals surface area contributed by atoms with Crippen molar-refractivity contribution in [3.63, 3.8) is 0 Å². The van der Waals surface area contributed by atoms with E-state index in [1.807, 2.05) is 0 Å². The van der Waals surface area contributed by atoms with Gasteiger partial charge in [-0.2, -0.15) is 0 Å². The van der Waals surface area contributed by atoms with Gasteiger partial charge in [0, 0.05) is 0 Å². The molecular formula is C16H36O. The first-order valence-corrected chi connectivity index (χ1v) is 6.93. The third-order valence-corrected chi connectivity index (χ3v) is 3.05. The molecule has 0 bridgehead atoms. The van der Waals surface area contributed by atoms with Crippen molar-refractivity contribution in [3.05, 3.63) is 0 Å². The van der Waals surface area contributed by atoms with Crippen molar-refractivity contribution >= 4 is 0 Å². The topological polar surface area (TPSA) is 12.5 Å². The molecule has 1 rings (SSSR count). The minimum absolute atomic E-state index is 0. The molecule has 0 aliphatic carbocycles. The summed E-state index contributed by atoms with van der Waals surface area (Å²) in [5.41, 5.74) is 0.272. The highest BCUT2D eigenvalue weighted by atomic mass is 16.6. The molecule has 1 heterocycles. The maximum atomic E-state index is 5.21. The number of epoxide rings is 1. The summed E-state index contributed by atoms with van der Waals surface area (Å²) in [7, 11) is 0. The van der Waals surface area contributed by atoms with Crippen LogP contribution < -0.4 is 0 Å². The molecule has 17 heavy (non-hydrogen) atoms. The highest BCUT2D eigenvalue weighted by Gasteiger charge is 2.39. The van der Waals surface area contributed by atoms with Crippen LogP contribution >= 0.6 is 0 Å². The standard InChI is InChI=1S/C8H18.C7H14O.CH4/c1-5-8(4)6-7(2)3;1-6(2)4-7(3)5-8-7;/h7-8H,5-6H2,1-4H3;6H,4-5H2,1-3H3;1H4. The molecule has 106 valence electrons. The Hall–Kier alpha value is -0.0400. The molecule has 1 aliphatic rings. The summed E-state index contributed by atoms with van der Waals surface area (Å²) in [6, 6.07) is 0. The molecular weight excluding hydrogens is 208 g/mol. The van der Waals surface area contributed by atoms with Crippen molar-refractivity contribution in [1.82, 2.24) is 0 Å². The lowest BCUT2D eigenvalue weighted by Crippen LogP contribution is -2.07. The Morgan fingerprint density at radius 2 is 1.53 bits per heavy atom. The summed E-state index contributed by atoms with van der Waals surface area (Å²) in [4.78, 5) is 0. The van der Waals surface area contributed by atoms with Crippen LogP contribution in [0, 0.1) is 17.8 Å². The summed E-state index contributed by atoms with van der Waals surface area (Å²) < 4.78 is 5.21. The molecule has 1 fully saturated rings. The van der Waals surface area contributed by atoms with Gasteiger partial charge in [-0.3, -0.25) is 0 Å². The quantitative estimate of drug-likeness (QED) is 0.579. The molecule has 2 atom stereocenters. The molecule has 0 saturated carbocycles. The van der Waals surface area contributed by atoms with E-state index in [0.29, 0.717) is 0 Å². The molecule has 0 N–H and O–H groups in total. The molecule has 1 heteroatoms. The van der Waals surface area contributed by atoms with E-state index in [0.717, 1.165) is 24.4 Å². The number of rotatable bonds is 5. The van der Waals surface area contributed by atoms with Crippen LogP contribution in [-0.4, -0.2) is 12.2 Å². The Kier molecular flexibility index (Phi) is 10.2. The monoisotopic (exact) mass is 244 g/mol. The maximum Gasteiger partial charge on any atom is 0.0891 e. The smallest absolute Gasteiger partial charge is 0.0891 e. The van der Waals surface area contributed by atoms with Gasteiger partial charge in [0.05, 0.1) is 12.2 Å². The van der Waals surface area contributed by atoms with Crippen LogP contribution in [0.25, 0.3) is 0 Å². The Labute approximate surface area is 110 Å². The Balaban J connectivity index is 0. The second-order valence-electron chi connectivity index (χ2n) is 6.48. The summed E-state index contributed by atoms with van der Waals surface area (Å²) in [5.74, 6) is 2.59. The lowest BCUT2D eigenvalue weighted by atomic mass is 9.97. The van der Waals surface area contributed by atoms with E-state index in [2.05, 4.69) is 48.5 Å². The van der Waals surface area contributed by atoms with Gasteiger partial charge in [0.1, 0.15) is 0 Å². The van der Waals surface area contributed by atoms with Gasteiger partial charge in [-0.05, 0) is 37.5 Å². The van der Waals surface area contributed by atoms with Crippen molar-refractivity contribution in [2.75, 3.05) is 6.61 Å². The molecule has 1 nitrogen and oxygen atoms in total. The predicted octanol–water partition coefficient (Wildman–Crippen LogP) is 5.54. The van der Waals surface area contributed by atoms with Crippen LogP contribution in [0.15, 0.2) is 0 Å². The van der Waals surface area contributed by atoms with E-state index in [1.165, 1.54) is 19.3 Å². The summed E-state index contributed by atoms with van der Waals surface area (Å²) in [6.45, 7) is 16.8.